The molecule has 0 aliphatic heterocycles. The lowest BCUT2D eigenvalue weighted by Gasteiger charge is -2.14. The monoisotopic (exact) mass is 341 g/mol. The van der Waals surface area contributed by atoms with E-state index in [1.54, 1.807) is 7.11 Å². The second-order valence-electron chi connectivity index (χ2n) is 4.91. The Hall–Kier alpha value is -1.42. The van der Waals surface area contributed by atoms with Gasteiger partial charge in [0, 0.05) is 6.54 Å². The van der Waals surface area contributed by atoms with Gasteiger partial charge in [0.1, 0.15) is 6.61 Å². The fraction of sp³-hybridized carbons (Fsp3) is 0.294. The number of nitrogens with one attached hydrogen (secondary N) is 1. The van der Waals surface area contributed by atoms with Gasteiger partial charge in [0.15, 0.2) is 11.5 Å². The fourth-order valence-electron chi connectivity index (χ4n) is 2.06. The summed E-state index contributed by atoms with van der Waals surface area (Å²) in [5.74, 6) is 1.24. The minimum Gasteiger partial charge on any atom is -0.493 e. The highest BCUT2D eigenvalue weighted by Crippen LogP contribution is 2.36. The predicted molar refractivity (Wildman–Crippen MR) is 93.5 cm³/mol. The number of benzene rings is 2. The van der Waals surface area contributed by atoms with Crippen LogP contribution < -0.4 is 14.8 Å². The van der Waals surface area contributed by atoms with E-state index < -0.39 is 0 Å². The van der Waals surface area contributed by atoms with Gasteiger partial charge in [0.05, 0.1) is 12.1 Å². The SMILES string of the molecule is CNCc1cc(Cl)c(OCc2ccc(C)cc2)c(OC)c1.Cl. The zero-order valence-corrected chi connectivity index (χ0v) is 14.6. The molecule has 3 nitrogen and oxygen atoms in total. The molecule has 120 valence electrons. The molecule has 0 saturated carbocycles. The van der Waals surface area contributed by atoms with Crippen LogP contribution in [0.25, 0.3) is 0 Å². The third-order valence-corrected chi connectivity index (χ3v) is 3.45. The average Bonchev–Trinajstić information content (AvgIpc) is 2.47. The van der Waals surface area contributed by atoms with Crippen LogP contribution in [0.3, 0.4) is 0 Å². The summed E-state index contributed by atoms with van der Waals surface area (Å²) < 4.78 is 11.2. The van der Waals surface area contributed by atoms with Gasteiger partial charge >= 0.3 is 0 Å². The molecule has 0 radical (unpaired) electrons. The number of aryl methyl sites for hydroxylation is 1. The van der Waals surface area contributed by atoms with E-state index in [1.807, 2.05) is 31.3 Å². The first-order chi connectivity index (χ1) is 10.1. The van der Waals surface area contributed by atoms with Crippen molar-refractivity contribution in [3.63, 3.8) is 0 Å². The van der Waals surface area contributed by atoms with Crippen LogP contribution in [-0.4, -0.2) is 14.2 Å². The molecule has 0 fully saturated rings. The number of methoxy groups -OCH3 is 1. The molecule has 5 heteroatoms. The van der Waals surface area contributed by atoms with Gasteiger partial charge in [-0.3, -0.25) is 0 Å². The first-order valence-corrected chi connectivity index (χ1v) is 7.21. The maximum absolute atomic E-state index is 6.31. The Morgan fingerprint density at radius 3 is 2.36 bits per heavy atom. The molecule has 0 bridgehead atoms. The van der Waals surface area contributed by atoms with Crippen molar-refractivity contribution in [2.24, 2.45) is 0 Å². The highest BCUT2D eigenvalue weighted by Gasteiger charge is 2.12. The highest BCUT2D eigenvalue weighted by molar-refractivity contribution is 6.32. The quantitative estimate of drug-likeness (QED) is 0.845. The number of halogens is 2. The predicted octanol–water partition coefficient (Wildman–Crippen LogP) is 4.38. The van der Waals surface area contributed by atoms with Gasteiger partial charge in [-0.2, -0.15) is 0 Å². The summed E-state index contributed by atoms with van der Waals surface area (Å²) in [6.45, 7) is 3.25. The summed E-state index contributed by atoms with van der Waals surface area (Å²) in [6.07, 6.45) is 0. The van der Waals surface area contributed by atoms with E-state index in [1.165, 1.54) is 5.56 Å². The van der Waals surface area contributed by atoms with Gasteiger partial charge in [-0.05, 0) is 37.2 Å². The van der Waals surface area contributed by atoms with Crippen molar-refractivity contribution in [3.8, 4) is 11.5 Å². The molecule has 2 rings (SSSR count). The molecule has 0 atom stereocenters. The maximum Gasteiger partial charge on any atom is 0.180 e. The molecule has 2 aromatic carbocycles. The van der Waals surface area contributed by atoms with Crippen LogP contribution in [-0.2, 0) is 13.2 Å². The van der Waals surface area contributed by atoms with Gasteiger partial charge in [0.2, 0.25) is 0 Å². The first-order valence-electron chi connectivity index (χ1n) is 6.83. The molecular formula is C17H21Cl2NO2. The van der Waals surface area contributed by atoms with Crippen LogP contribution in [0.5, 0.6) is 11.5 Å². The van der Waals surface area contributed by atoms with Gasteiger partial charge in [-0.1, -0.05) is 41.4 Å². The number of hydrogen-bond acceptors (Lipinski definition) is 3. The van der Waals surface area contributed by atoms with Crippen molar-refractivity contribution < 1.29 is 9.47 Å². The lowest BCUT2D eigenvalue weighted by atomic mass is 10.1. The van der Waals surface area contributed by atoms with E-state index in [0.29, 0.717) is 23.1 Å². The van der Waals surface area contributed by atoms with Crippen LogP contribution in [0, 0.1) is 6.92 Å². The number of rotatable bonds is 6. The summed E-state index contributed by atoms with van der Waals surface area (Å²) in [5, 5.41) is 3.65. The van der Waals surface area contributed by atoms with Crippen molar-refractivity contribution in [1.29, 1.82) is 0 Å². The molecule has 0 spiro atoms. The summed E-state index contributed by atoms with van der Waals surface area (Å²) in [6, 6.07) is 12.1. The number of ether oxygens (including phenoxy) is 2. The molecule has 22 heavy (non-hydrogen) atoms. The van der Waals surface area contributed by atoms with Crippen molar-refractivity contribution >= 4 is 24.0 Å². The third kappa shape index (κ3) is 4.80. The Kier molecular flexibility index (Phi) is 7.52. The van der Waals surface area contributed by atoms with E-state index in [-0.39, 0.29) is 12.4 Å². The minimum atomic E-state index is 0. The van der Waals surface area contributed by atoms with Gasteiger partial charge in [0.25, 0.3) is 0 Å². The maximum atomic E-state index is 6.31. The molecule has 0 amide bonds. The fourth-order valence-corrected chi connectivity index (χ4v) is 2.35. The zero-order valence-electron chi connectivity index (χ0n) is 13.0. The topological polar surface area (TPSA) is 30.5 Å². The molecule has 0 aliphatic carbocycles. The molecule has 0 heterocycles. The van der Waals surface area contributed by atoms with Crippen molar-refractivity contribution in [3.05, 3.63) is 58.1 Å². The lowest BCUT2D eigenvalue weighted by Crippen LogP contribution is -2.06. The second kappa shape index (κ2) is 8.89. The van der Waals surface area contributed by atoms with Crippen molar-refractivity contribution in [2.45, 2.75) is 20.1 Å². The van der Waals surface area contributed by atoms with Crippen LogP contribution in [0.4, 0.5) is 0 Å². The lowest BCUT2D eigenvalue weighted by molar-refractivity contribution is 0.284. The molecule has 0 aromatic heterocycles. The standard InChI is InChI=1S/C17H20ClNO2.ClH/c1-12-4-6-13(7-5-12)11-21-17-15(18)8-14(10-19-2)9-16(17)20-3;/h4-9,19H,10-11H2,1-3H3;1H. The smallest absolute Gasteiger partial charge is 0.180 e. The van der Waals surface area contributed by atoms with E-state index in [0.717, 1.165) is 17.7 Å². The Balaban J connectivity index is 0.00000242. The summed E-state index contributed by atoms with van der Waals surface area (Å²) in [7, 11) is 3.51. The first kappa shape index (κ1) is 18.6. The molecule has 0 saturated heterocycles. The Bertz CT molecular complexity index is 600. The largest absolute Gasteiger partial charge is 0.493 e. The van der Waals surface area contributed by atoms with Crippen LogP contribution in [0.1, 0.15) is 16.7 Å². The molecule has 0 unspecified atom stereocenters. The van der Waals surface area contributed by atoms with Gasteiger partial charge in [-0.25, -0.2) is 0 Å². The van der Waals surface area contributed by atoms with Gasteiger partial charge in [-0.15, -0.1) is 12.4 Å². The van der Waals surface area contributed by atoms with Crippen LogP contribution in [0.15, 0.2) is 36.4 Å². The third-order valence-electron chi connectivity index (χ3n) is 3.17. The van der Waals surface area contributed by atoms with E-state index >= 15 is 0 Å². The Morgan fingerprint density at radius 1 is 1.09 bits per heavy atom. The summed E-state index contributed by atoms with van der Waals surface area (Å²) >= 11 is 6.31. The van der Waals surface area contributed by atoms with E-state index in [9.17, 15) is 0 Å². The second-order valence-corrected chi connectivity index (χ2v) is 5.32. The van der Waals surface area contributed by atoms with E-state index in [2.05, 4.69) is 24.4 Å². The molecular weight excluding hydrogens is 321 g/mol. The normalized spacial score (nSPS) is 10.0. The minimum absolute atomic E-state index is 0. The average molecular weight is 342 g/mol. The zero-order chi connectivity index (χ0) is 15.2. The molecule has 2 aromatic rings. The summed E-state index contributed by atoms with van der Waals surface area (Å²) in [4.78, 5) is 0. The Morgan fingerprint density at radius 2 is 1.77 bits per heavy atom. The highest BCUT2D eigenvalue weighted by atomic mass is 35.5. The summed E-state index contributed by atoms with van der Waals surface area (Å²) in [5.41, 5.74) is 3.38. The number of hydrogen-bond donors (Lipinski definition) is 1. The van der Waals surface area contributed by atoms with Crippen LogP contribution in [0.2, 0.25) is 5.02 Å². The van der Waals surface area contributed by atoms with Crippen LogP contribution >= 0.6 is 24.0 Å². The van der Waals surface area contributed by atoms with E-state index in [4.69, 9.17) is 21.1 Å². The Labute approximate surface area is 143 Å². The van der Waals surface area contributed by atoms with Crippen molar-refractivity contribution in [2.75, 3.05) is 14.2 Å². The van der Waals surface area contributed by atoms with Gasteiger partial charge < -0.3 is 14.8 Å². The molecule has 0 aliphatic rings. The molecule has 1 N–H and O–H groups in total. The van der Waals surface area contributed by atoms with Crippen molar-refractivity contribution in [1.82, 2.24) is 5.32 Å².